The Morgan fingerprint density at radius 1 is 1.14 bits per heavy atom. The van der Waals surface area contributed by atoms with Crippen LogP contribution in [0.25, 0.3) is 0 Å². The minimum Gasteiger partial charge on any atom is -0.480 e. The van der Waals surface area contributed by atoms with E-state index in [1.807, 2.05) is 5.32 Å². The zero-order chi connectivity index (χ0) is 26.2. The Morgan fingerprint density at radius 2 is 1.81 bits per heavy atom. The van der Waals surface area contributed by atoms with Crippen LogP contribution in [0.15, 0.2) is 12.1 Å². The number of carboxylic acids is 1. The molecule has 1 aromatic rings. The van der Waals surface area contributed by atoms with Crippen LogP contribution in [0.4, 0.5) is 33.7 Å². The minimum absolute atomic E-state index is 0.00525. The van der Waals surface area contributed by atoms with Crippen LogP contribution in [-0.2, 0) is 24.0 Å². The second kappa shape index (κ2) is 9.79. The number of ether oxygens (including phenoxy) is 1. The van der Waals surface area contributed by atoms with Gasteiger partial charge in [0.05, 0.1) is 31.9 Å². The molecular formula is C21H22F4N4O7. The third-order valence-corrected chi connectivity index (χ3v) is 6.18. The minimum atomic E-state index is -3.24. The van der Waals surface area contributed by atoms with Gasteiger partial charge in [-0.25, -0.2) is 18.6 Å². The number of nitrogens with one attached hydrogen (secondary N) is 1. The standard InChI is InChI=1S/C21H22F4N4O7/c22-13-7-11(28-10-12(36-20(28)34)9-26-17(30)16(24)25)8-14(23)15(13)27-3-4-29(35-6-5-27)18(31)21(1-2-21)19(32)33/h7-8,12,16H,1-6,9-10H2,(H,26,30)(H,32,33)/t12-/m0/s1. The van der Waals surface area contributed by atoms with Crippen LogP contribution >= 0.6 is 0 Å². The monoisotopic (exact) mass is 518 g/mol. The summed E-state index contributed by atoms with van der Waals surface area (Å²) in [4.78, 5) is 54.7. The number of carbonyl (C=O) groups is 4. The number of hydrogen-bond donors (Lipinski definition) is 2. The Balaban J connectivity index is 1.42. The van der Waals surface area contributed by atoms with Gasteiger partial charge in [0.25, 0.3) is 11.8 Å². The van der Waals surface area contributed by atoms with Gasteiger partial charge in [-0.05, 0) is 12.8 Å². The molecule has 11 nitrogen and oxygen atoms in total. The average molecular weight is 518 g/mol. The van der Waals surface area contributed by atoms with Gasteiger partial charge in [-0.2, -0.15) is 8.78 Å². The largest absolute Gasteiger partial charge is 0.480 e. The Morgan fingerprint density at radius 3 is 2.39 bits per heavy atom. The molecule has 0 bridgehead atoms. The van der Waals surface area contributed by atoms with E-state index in [9.17, 15) is 33.1 Å². The number of hydroxylamine groups is 2. The molecule has 0 radical (unpaired) electrons. The molecule has 3 amide bonds. The number of nitrogens with zero attached hydrogens (tertiary/aromatic N) is 3. The van der Waals surface area contributed by atoms with Crippen molar-refractivity contribution in [2.24, 2.45) is 5.41 Å². The lowest BCUT2D eigenvalue weighted by molar-refractivity contribution is -0.191. The molecule has 36 heavy (non-hydrogen) atoms. The number of carboxylic acid groups (broad SMARTS) is 1. The van der Waals surface area contributed by atoms with Gasteiger partial charge < -0.3 is 20.1 Å². The molecular weight excluding hydrogens is 496 g/mol. The molecule has 0 spiro atoms. The van der Waals surface area contributed by atoms with Crippen LogP contribution in [0.3, 0.4) is 0 Å². The number of anilines is 2. The van der Waals surface area contributed by atoms with E-state index in [2.05, 4.69) is 0 Å². The van der Waals surface area contributed by atoms with E-state index in [1.165, 1.54) is 4.90 Å². The van der Waals surface area contributed by atoms with Crippen molar-refractivity contribution in [2.75, 3.05) is 49.1 Å². The second-order valence-corrected chi connectivity index (χ2v) is 8.54. The first-order valence-corrected chi connectivity index (χ1v) is 11.0. The molecule has 3 fully saturated rings. The Hall–Kier alpha value is -3.62. The maximum atomic E-state index is 15.0. The maximum Gasteiger partial charge on any atom is 0.414 e. The smallest absolute Gasteiger partial charge is 0.414 e. The molecule has 2 saturated heterocycles. The van der Waals surface area contributed by atoms with E-state index in [0.717, 1.165) is 22.1 Å². The van der Waals surface area contributed by atoms with Crippen molar-refractivity contribution >= 4 is 35.3 Å². The average Bonchev–Trinajstić information content (AvgIpc) is 3.59. The van der Waals surface area contributed by atoms with E-state index >= 15 is 8.78 Å². The molecule has 4 rings (SSSR count). The second-order valence-electron chi connectivity index (χ2n) is 8.54. The molecule has 0 unspecified atom stereocenters. The summed E-state index contributed by atoms with van der Waals surface area (Å²) in [5, 5.41) is 12.1. The third-order valence-electron chi connectivity index (χ3n) is 6.18. The first-order chi connectivity index (χ1) is 17.0. The fourth-order valence-corrected chi connectivity index (χ4v) is 4.06. The topological polar surface area (TPSA) is 129 Å². The molecule has 2 heterocycles. The summed E-state index contributed by atoms with van der Waals surface area (Å²) in [6, 6.07) is 1.80. The third kappa shape index (κ3) is 4.87. The highest BCUT2D eigenvalue weighted by Crippen LogP contribution is 2.47. The highest BCUT2D eigenvalue weighted by molar-refractivity contribution is 6.04. The van der Waals surface area contributed by atoms with Gasteiger partial charge in [0.15, 0.2) is 11.6 Å². The molecule has 1 atom stereocenters. The van der Waals surface area contributed by atoms with Crippen molar-refractivity contribution < 1.29 is 51.4 Å². The molecule has 196 valence electrons. The Kier molecular flexibility index (Phi) is 6.93. The van der Waals surface area contributed by atoms with Crippen molar-refractivity contribution in [3.05, 3.63) is 23.8 Å². The predicted octanol–water partition coefficient (Wildman–Crippen LogP) is 1.12. The lowest BCUT2D eigenvalue weighted by Crippen LogP contribution is -2.42. The summed E-state index contributed by atoms with van der Waals surface area (Å²) in [5.41, 5.74) is -2.12. The predicted molar refractivity (Wildman–Crippen MR) is 112 cm³/mol. The first-order valence-electron chi connectivity index (χ1n) is 11.0. The number of carbonyl (C=O) groups excluding carboxylic acids is 3. The SMILES string of the molecule is O=C(NC[C@H]1CN(c2cc(F)c(N3CCON(C(=O)C4(C(=O)O)CC4)CC3)c(F)c2)C(=O)O1)C(F)F. The van der Waals surface area contributed by atoms with Crippen LogP contribution in [0.5, 0.6) is 0 Å². The van der Waals surface area contributed by atoms with Gasteiger partial charge in [0.1, 0.15) is 17.2 Å². The highest BCUT2D eigenvalue weighted by atomic mass is 19.3. The molecule has 1 aliphatic carbocycles. The van der Waals surface area contributed by atoms with Crippen molar-refractivity contribution in [1.29, 1.82) is 0 Å². The molecule has 15 heteroatoms. The van der Waals surface area contributed by atoms with Crippen molar-refractivity contribution in [3.63, 3.8) is 0 Å². The molecule has 0 aromatic heterocycles. The molecule has 1 saturated carbocycles. The number of rotatable bonds is 7. The summed E-state index contributed by atoms with van der Waals surface area (Å²) < 4.78 is 59.6. The fraction of sp³-hybridized carbons (Fsp3) is 0.524. The number of cyclic esters (lactones) is 1. The van der Waals surface area contributed by atoms with Crippen LogP contribution in [0, 0.1) is 17.0 Å². The van der Waals surface area contributed by atoms with Crippen LogP contribution in [0.2, 0.25) is 0 Å². The fourth-order valence-electron chi connectivity index (χ4n) is 4.06. The van der Waals surface area contributed by atoms with Crippen molar-refractivity contribution in [2.45, 2.75) is 25.4 Å². The zero-order valence-electron chi connectivity index (χ0n) is 18.7. The van der Waals surface area contributed by atoms with Gasteiger partial charge >= 0.3 is 18.5 Å². The van der Waals surface area contributed by atoms with Crippen LogP contribution < -0.4 is 15.1 Å². The van der Waals surface area contributed by atoms with E-state index in [4.69, 9.17) is 9.57 Å². The van der Waals surface area contributed by atoms with Gasteiger partial charge in [-0.3, -0.25) is 24.1 Å². The van der Waals surface area contributed by atoms with Gasteiger partial charge in [0.2, 0.25) is 0 Å². The summed E-state index contributed by atoms with van der Waals surface area (Å²) >= 11 is 0. The van der Waals surface area contributed by atoms with Gasteiger partial charge in [-0.15, -0.1) is 0 Å². The number of hydrogen-bond acceptors (Lipinski definition) is 7. The molecule has 2 aliphatic heterocycles. The van der Waals surface area contributed by atoms with Crippen molar-refractivity contribution in [1.82, 2.24) is 10.4 Å². The summed E-state index contributed by atoms with van der Waals surface area (Å²) in [6.07, 6.45) is -4.84. The number of aliphatic carboxylic acids is 1. The van der Waals surface area contributed by atoms with Crippen LogP contribution in [-0.4, -0.2) is 85.9 Å². The van der Waals surface area contributed by atoms with E-state index in [-0.39, 0.29) is 51.3 Å². The number of alkyl halides is 2. The summed E-state index contributed by atoms with van der Waals surface area (Å²) in [5.74, 6) is -5.53. The number of halogens is 4. The number of amides is 3. The summed E-state index contributed by atoms with van der Waals surface area (Å²) in [7, 11) is 0. The Bertz CT molecular complexity index is 1060. The molecule has 3 aliphatic rings. The van der Waals surface area contributed by atoms with Crippen LogP contribution in [0.1, 0.15) is 12.8 Å². The molecule has 2 N–H and O–H groups in total. The first kappa shape index (κ1) is 25.5. The van der Waals surface area contributed by atoms with Crippen molar-refractivity contribution in [3.8, 4) is 0 Å². The lowest BCUT2D eigenvalue weighted by Gasteiger charge is -2.25. The lowest BCUT2D eigenvalue weighted by atomic mass is 10.1. The zero-order valence-corrected chi connectivity index (χ0v) is 18.7. The maximum absolute atomic E-state index is 15.0. The normalized spacial score (nSPS) is 21.3. The van der Waals surface area contributed by atoms with E-state index < -0.39 is 65.7 Å². The van der Waals surface area contributed by atoms with E-state index in [1.54, 1.807) is 0 Å². The number of benzene rings is 1. The van der Waals surface area contributed by atoms with Gasteiger partial charge in [-0.1, -0.05) is 0 Å². The molecule has 1 aromatic carbocycles. The summed E-state index contributed by atoms with van der Waals surface area (Å²) in [6.45, 7) is -0.951. The Labute approximate surface area is 201 Å². The quantitative estimate of drug-likeness (QED) is 0.406. The van der Waals surface area contributed by atoms with Gasteiger partial charge in [0, 0.05) is 25.2 Å². The van der Waals surface area contributed by atoms with E-state index in [0.29, 0.717) is 0 Å². The highest BCUT2D eigenvalue weighted by Gasteiger charge is 2.59.